The van der Waals surface area contributed by atoms with Crippen molar-refractivity contribution in [2.75, 3.05) is 24.6 Å². The maximum Gasteiger partial charge on any atom is 0.309 e. The standard InChI is InChI=1S/C20H28N2O7S2/c1-14-3-5-18(6-4-14)31(27,28)22-10-7-16(8-11-22)20(24)29-15(2)19(23)21-17-9-12-30(25,26)13-17/h3-6,15-17H,7-13H2,1-2H3,(H,21,23)/t15-,17-/m1/s1. The van der Waals surface area contributed by atoms with E-state index in [2.05, 4.69) is 5.32 Å². The van der Waals surface area contributed by atoms with Gasteiger partial charge in [-0.15, -0.1) is 0 Å². The Kier molecular flexibility index (Phi) is 7.07. The molecule has 11 heteroatoms. The van der Waals surface area contributed by atoms with E-state index in [0.29, 0.717) is 19.3 Å². The smallest absolute Gasteiger partial charge is 0.309 e. The van der Waals surface area contributed by atoms with E-state index in [1.807, 2.05) is 6.92 Å². The third-order valence-corrected chi connectivity index (χ3v) is 9.37. The van der Waals surface area contributed by atoms with Crippen molar-refractivity contribution < 1.29 is 31.2 Å². The molecule has 2 saturated heterocycles. The molecule has 1 aromatic rings. The maximum atomic E-state index is 12.8. The van der Waals surface area contributed by atoms with Crippen LogP contribution in [0.5, 0.6) is 0 Å². The Bertz CT molecular complexity index is 1030. The number of carbonyl (C=O) groups excluding carboxylic acids is 2. The van der Waals surface area contributed by atoms with Crippen molar-refractivity contribution in [2.45, 2.75) is 50.2 Å². The fourth-order valence-electron chi connectivity index (χ4n) is 3.74. The number of carbonyl (C=O) groups is 2. The second kappa shape index (κ2) is 9.25. The summed E-state index contributed by atoms with van der Waals surface area (Å²) in [5.41, 5.74) is 0.966. The summed E-state index contributed by atoms with van der Waals surface area (Å²) in [6.07, 6.45) is -0.0916. The lowest BCUT2D eigenvalue weighted by Crippen LogP contribution is -2.44. The van der Waals surface area contributed by atoms with E-state index in [0.717, 1.165) is 5.56 Å². The number of sulfonamides is 1. The molecular weight excluding hydrogens is 444 g/mol. The van der Waals surface area contributed by atoms with Crippen LogP contribution in [0.1, 0.15) is 31.7 Å². The average Bonchev–Trinajstić information content (AvgIpc) is 3.06. The van der Waals surface area contributed by atoms with E-state index in [1.54, 1.807) is 24.3 Å². The first-order valence-corrected chi connectivity index (χ1v) is 13.5. The number of piperidine rings is 1. The van der Waals surface area contributed by atoms with Gasteiger partial charge in [-0.2, -0.15) is 4.31 Å². The van der Waals surface area contributed by atoms with Crippen LogP contribution >= 0.6 is 0 Å². The highest BCUT2D eigenvalue weighted by Gasteiger charge is 2.35. The Morgan fingerprint density at radius 3 is 2.29 bits per heavy atom. The zero-order valence-corrected chi connectivity index (χ0v) is 19.2. The lowest BCUT2D eigenvalue weighted by Gasteiger charge is -2.30. The van der Waals surface area contributed by atoms with Crippen LogP contribution in [-0.4, -0.2) is 69.8 Å². The fourth-order valence-corrected chi connectivity index (χ4v) is 6.89. The quantitative estimate of drug-likeness (QED) is 0.602. The molecule has 2 aliphatic heterocycles. The van der Waals surface area contributed by atoms with Crippen molar-refractivity contribution >= 4 is 31.7 Å². The summed E-state index contributed by atoms with van der Waals surface area (Å²) in [6.45, 7) is 3.70. The second-order valence-corrected chi connectivity index (χ2v) is 12.3. The van der Waals surface area contributed by atoms with Crippen LogP contribution in [0.15, 0.2) is 29.2 Å². The van der Waals surface area contributed by atoms with Gasteiger partial charge in [0.25, 0.3) is 5.91 Å². The highest BCUT2D eigenvalue weighted by Crippen LogP contribution is 2.25. The molecule has 172 valence electrons. The van der Waals surface area contributed by atoms with Gasteiger partial charge in [-0.05, 0) is 45.2 Å². The van der Waals surface area contributed by atoms with Gasteiger partial charge in [-0.25, -0.2) is 16.8 Å². The largest absolute Gasteiger partial charge is 0.452 e. The number of hydrogen-bond donors (Lipinski definition) is 1. The van der Waals surface area contributed by atoms with Gasteiger partial charge in [0.15, 0.2) is 15.9 Å². The van der Waals surface area contributed by atoms with Crippen molar-refractivity contribution in [3.63, 3.8) is 0 Å². The summed E-state index contributed by atoms with van der Waals surface area (Å²) in [6, 6.07) is 6.16. The van der Waals surface area contributed by atoms with Crippen LogP contribution in [0.2, 0.25) is 0 Å². The van der Waals surface area contributed by atoms with Crippen LogP contribution in [0.25, 0.3) is 0 Å². The van der Waals surface area contributed by atoms with Gasteiger partial charge in [0.05, 0.1) is 22.3 Å². The van der Waals surface area contributed by atoms with Gasteiger partial charge in [-0.3, -0.25) is 9.59 Å². The number of aryl methyl sites for hydroxylation is 1. The van der Waals surface area contributed by atoms with E-state index in [9.17, 15) is 26.4 Å². The molecule has 0 radical (unpaired) electrons. The Labute approximate surface area is 183 Å². The van der Waals surface area contributed by atoms with Crippen molar-refractivity contribution in [2.24, 2.45) is 5.92 Å². The van der Waals surface area contributed by atoms with Crippen LogP contribution in [0.3, 0.4) is 0 Å². The molecule has 0 bridgehead atoms. The Hall–Kier alpha value is -1.98. The third-order valence-electron chi connectivity index (χ3n) is 5.69. The number of hydrogen-bond acceptors (Lipinski definition) is 7. The molecule has 0 unspecified atom stereocenters. The van der Waals surface area contributed by atoms with Crippen molar-refractivity contribution in [3.05, 3.63) is 29.8 Å². The van der Waals surface area contributed by atoms with Gasteiger partial charge in [-0.1, -0.05) is 17.7 Å². The Morgan fingerprint density at radius 1 is 1.13 bits per heavy atom. The second-order valence-electron chi connectivity index (χ2n) is 8.18. The molecule has 1 aromatic carbocycles. The number of nitrogens with one attached hydrogen (secondary N) is 1. The minimum atomic E-state index is -3.62. The first-order chi connectivity index (χ1) is 14.5. The van der Waals surface area contributed by atoms with E-state index in [4.69, 9.17) is 4.74 Å². The molecule has 1 N–H and O–H groups in total. The predicted octanol–water partition coefficient (Wildman–Crippen LogP) is 0.631. The summed E-state index contributed by atoms with van der Waals surface area (Å²) in [5, 5.41) is 2.61. The monoisotopic (exact) mass is 472 g/mol. The van der Waals surface area contributed by atoms with Gasteiger partial charge in [0, 0.05) is 19.1 Å². The molecule has 0 saturated carbocycles. The highest BCUT2D eigenvalue weighted by molar-refractivity contribution is 7.91. The Balaban J connectivity index is 1.49. The van der Waals surface area contributed by atoms with Gasteiger partial charge in [0.1, 0.15) is 0 Å². The number of amides is 1. The van der Waals surface area contributed by atoms with E-state index >= 15 is 0 Å². The lowest BCUT2D eigenvalue weighted by atomic mass is 9.98. The predicted molar refractivity (Wildman–Crippen MR) is 113 cm³/mol. The van der Waals surface area contributed by atoms with Crippen LogP contribution in [-0.2, 0) is 34.2 Å². The highest BCUT2D eigenvalue weighted by atomic mass is 32.2. The molecule has 1 amide bonds. The van der Waals surface area contributed by atoms with Crippen LogP contribution in [0, 0.1) is 12.8 Å². The van der Waals surface area contributed by atoms with E-state index in [1.165, 1.54) is 11.2 Å². The molecule has 3 rings (SSSR count). The molecule has 9 nitrogen and oxygen atoms in total. The van der Waals surface area contributed by atoms with Crippen LogP contribution < -0.4 is 5.32 Å². The maximum absolute atomic E-state index is 12.8. The summed E-state index contributed by atoms with van der Waals surface area (Å²) in [7, 11) is -6.74. The first-order valence-electron chi connectivity index (χ1n) is 10.3. The Morgan fingerprint density at radius 2 is 1.74 bits per heavy atom. The molecule has 0 aliphatic carbocycles. The minimum Gasteiger partial charge on any atom is -0.452 e. The van der Waals surface area contributed by atoms with Gasteiger partial charge < -0.3 is 10.1 Å². The van der Waals surface area contributed by atoms with Gasteiger partial charge >= 0.3 is 5.97 Å². The summed E-state index contributed by atoms with van der Waals surface area (Å²) in [4.78, 5) is 24.9. The van der Waals surface area contributed by atoms with Crippen molar-refractivity contribution in [1.29, 1.82) is 0 Å². The molecule has 0 spiro atoms. The van der Waals surface area contributed by atoms with E-state index < -0.39 is 49.8 Å². The van der Waals surface area contributed by atoms with Crippen LogP contribution in [0.4, 0.5) is 0 Å². The van der Waals surface area contributed by atoms with Crippen molar-refractivity contribution in [1.82, 2.24) is 9.62 Å². The molecule has 0 aromatic heterocycles. The van der Waals surface area contributed by atoms with E-state index in [-0.39, 0.29) is 29.5 Å². The zero-order valence-electron chi connectivity index (χ0n) is 17.6. The number of benzene rings is 1. The zero-order chi connectivity index (χ0) is 22.8. The minimum absolute atomic E-state index is 0.0379. The molecule has 2 heterocycles. The average molecular weight is 473 g/mol. The molecule has 2 atom stereocenters. The first kappa shape index (κ1) is 23.7. The number of ether oxygens (including phenoxy) is 1. The fraction of sp³-hybridized carbons (Fsp3) is 0.600. The number of sulfone groups is 1. The lowest BCUT2D eigenvalue weighted by molar-refractivity contribution is -0.160. The summed E-state index contributed by atoms with van der Waals surface area (Å²) >= 11 is 0. The summed E-state index contributed by atoms with van der Waals surface area (Å²) in [5.74, 6) is -1.64. The normalized spacial score (nSPS) is 23.2. The molecule has 2 aliphatic rings. The van der Waals surface area contributed by atoms with Crippen molar-refractivity contribution in [3.8, 4) is 0 Å². The van der Waals surface area contributed by atoms with Gasteiger partial charge in [0.2, 0.25) is 10.0 Å². The molecular formula is C20H28N2O7S2. The number of esters is 1. The number of nitrogens with zero attached hydrogens (tertiary/aromatic N) is 1. The topological polar surface area (TPSA) is 127 Å². The SMILES string of the molecule is Cc1ccc(S(=O)(=O)N2CCC(C(=O)O[C@H](C)C(=O)N[C@@H]3CCS(=O)(=O)C3)CC2)cc1. The molecule has 31 heavy (non-hydrogen) atoms. The third kappa shape index (κ3) is 5.83. The number of rotatable bonds is 6. The molecule has 2 fully saturated rings. The summed E-state index contributed by atoms with van der Waals surface area (Å²) < 4.78 is 55.1.